The molecule has 0 aromatic carbocycles. The van der Waals surface area contributed by atoms with Gasteiger partial charge in [0.15, 0.2) is 17.3 Å². The van der Waals surface area contributed by atoms with Crippen molar-refractivity contribution in [2.24, 2.45) is 0 Å². The molecule has 2 aromatic rings. The molecule has 0 saturated carbocycles. The number of aromatic carboxylic acids is 1. The zero-order chi connectivity index (χ0) is 10.8. The van der Waals surface area contributed by atoms with Crippen molar-refractivity contribution in [3.05, 3.63) is 23.2 Å². The van der Waals surface area contributed by atoms with Crippen molar-refractivity contribution < 1.29 is 9.90 Å². The van der Waals surface area contributed by atoms with Crippen molar-refractivity contribution in [1.29, 1.82) is 0 Å². The zero-order valence-electron chi connectivity index (χ0n) is 7.18. The summed E-state index contributed by atoms with van der Waals surface area (Å²) in [5.74, 6) is -0.822. The number of nitrogens with one attached hydrogen (secondary N) is 1. The molecular formula is C7H4ClN5O2. The highest BCUT2D eigenvalue weighted by Crippen LogP contribution is 2.13. The number of hydrogen-bond donors (Lipinski definition) is 2. The smallest absolute Gasteiger partial charge is 0.354 e. The van der Waals surface area contributed by atoms with Gasteiger partial charge >= 0.3 is 5.97 Å². The summed E-state index contributed by atoms with van der Waals surface area (Å²) in [5.41, 5.74) is -0.193. The molecule has 7 nitrogen and oxygen atoms in total. The van der Waals surface area contributed by atoms with Gasteiger partial charge < -0.3 is 5.11 Å². The van der Waals surface area contributed by atoms with E-state index in [9.17, 15) is 4.79 Å². The fraction of sp³-hybridized carbons (Fsp3) is 0. The molecule has 0 bridgehead atoms. The summed E-state index contributed by atoms with van der Waals surface area (Å²) < 4.78 is 0. The molecule has 0 amide bonds. The van der Waals surface area contributed by atoms with Crippen LogP contribution in [0.4, 0.5) is 0 Å². The van der Waals surface area contributed by atoms with Gasteiger partial charge in [0, 0.05) is 6.07 Å². The van der Waals surface area contributed by atoms with Gasteiger partial charge in [0.1, 0.15) is 11.5 Å². The van der Waals surface area contributed by atoms with Crippen LogP contribution in [-0.2, 0) is 0 Å². The lowest BCUT2D eigenvalue weighted by atomic mass is 10.4. The van der Waals surface area contributed by atoms with E-state index in [0.29, 0.717) is 0 Å². The van der Waals surface area contributed by atoms with E-state index >= 15 is 0 Å². The molecular weight excluding hydrogens is 222 g/mol. The maximum absolute atomic E-state index is 10.7. The average Bonchev–Trinajstić information content (AvgIpc) is 2.69. The topological polar surface area (TPSA) is 105 Å². The number of carbonyl (C=O) groups is 1. The molecule has 0 unspecified atom stereocenters. The third-order valence-corrected chi connectivity index (χ3v) is 1.73. The monoisotopic (exact) mass is 225 g/mol. The summed E-state index contributed by atoms with van der Waals surface area (Å²) in [7, 11) is 0. The van der Waals surface area contributed by atoms with Gasteiger partial charge in [-0.15, -0.1) is 0 Å². The highest BCUT2D eigenvalue weighted by molar-refractivity contribution is 6.29. The Labute approximate surface area is 88.2 Å². The first-order valence-electron chi connectivity index (χ1n) is 3.80. The lowest BCUT2D eigenvalue weighted by molar-refractivity contribution is 0.0690. The van der Waals surface area contributed by atoms with Crippen molar-refractivity contribution in [2.45, 2.75) is 0 Å². The predicted octanol–water partition coefficient (Wildman–Crippen LogP) is 0.613. The molecule has 2 aromatic heterocycles. The number of halogens is 1. The second-order valence-corrected chi connectivity index (χ2v) is 2.93. The Balaban J connectivity index is 2.54. The SMILES string of the molecule is O=C(O)c1cc(Cl)nc(-c2ncn[nH]2)n1. The summed E-state index contributed by atoms with van der Waals surface area (Å²) in [5, 5.41) is 14.9. The minimum atomic E-state index is -1.18. The molecule has 0 atom stereocenters. The van der Waals surface area contributed by atoms with Crippen molar-refractivity contribution in [3.63, 3.8) is 0 Å². The molecule has 8 heteroatoms. The second-order valence-electron chi connectivity index (χ2n) is 2.54. The fourth-order valence-corrected chi connectivity index (χ4v) is 1.13. The zero-order valence-corrected chi connectivity index (χ0v) is 7.93. The number of carboxylic acid groups (broad SMARTS) is 1. The molecule has 15 heavy (non-hydrogen) atoms. The van der Waals surface area contributed by atoms with Crippen molar-refractivity contribution in [2.75, 3.05) is 0 Å². The van der Waals surface area contributed by atoms with Gasteiger partial charge in [0.05, 0.1) is 0 Å². The molecule has 0 aliphatic rings. The van der Waals surface area contributed by atoms with E-state index in [1.807, 2.05) is 0 Å². The molecule has 0 aliphatic carbocycles. The normalized spacial score (nSPS) is 10.2. The van der Waals surface area contributed by atoms with Gasteiger partial charge in [-0.2, -0.15) is 5.10 Å². The molecule has 76 valence electrons. The molecule has 0 spiro atoms. The van der Waals surface area contributed by atoms with Gasteiger partial charge in [-0.05, 0) is 0 Å². The van der Waals surface area contributed by atoms with Crippen molar-refractivity contribution in [3.8, 4) is 11.6 Å². The molecule has 2 rings (SSSR count). The van der Waals surface area contributed by atoms with Crippen LogP contribution in [0.25, 0.3) is 11.6 Å². The van der Waals surface area contributed by atoms with Crippen LogP contribution in [-0.4, -0.2) is 36.2 Å². The minimum Gasteiger partial charge on any atom is -0.477 e. The average molecular weight is 226 g/mol. The van der Waals surface area contributed by atoms with Gasteiger partial charge in [0.2, 0.25) is 0 Å². The first-order valence-corrected chi connectivity index (χ1v) is 4.18. The van der Waals surface area contributed by atoms with Crippen molar-refractivity contribution >= 4 is 17.6 Å². The van der Waals surface area contributed by atoms with Crippen LogP contribution in [0.5, 0.6) is 0 Å². The lowest BCUT2D eigenvalue weighted by Crippen LogP contribution is -2.03. The number of rotatable bonds is 2. The van der Waals surface area contributed by atoms with Crippen LogP contribution in [0.1, 0.15) is 10.5 Å². The summed E-state index contributed by atoms with van der Waals surface area (Å²) in [6.45, 7) is 0. The first kappa shape index (κ1) is 9.53. The number of nitrogens with zero attached hydrogens (tertiary/aromatic N) is 4. The third-order valence-electron chi connectivity index (χ3n) is 1.54. The van der Waals surface area contributed by atoms with Crippen LogP contribution in [0.15, 0.2) is 12.4 Å². The minimum absolute atomic E-state index is 0.0359. The maximum atomic E-state index is 10.7. The number of hydrogen-bond acceptors (Lipinski definition) is 5. The van der Waals surface area contributed by atoms with Crippen molar-refractivity contribution in [1.82, 2.24) is 25.1 Å². The Hall–Kier alpha value is -2.02. The Morgan fingerprint density at radius 3 is 2.87 bits per heavy atom. The van der Waals surface area contributed by atoms with Crippen LogP contribution < -0.4 is 0 Å². The number of H-pyrrole nitrogens is 1. The van der Waals surface area contributed by atoms with Crippen LogP contribution >= 0.6 is 11.6 Å². The second kappa shape index (κ2) is 3.62. The van der Waals surface area contributed by atoms with Crippen LogP contribution in [0, 0.1) is 0 Å². The number of carboxylic acids is 1. The van der Waals surface area contributed by atoms with E-state index in [0.717, 1.165) is 6.07 Å². The predicted molar refractivity (Wildman–Crippen MR) is 49.4 cm³/mol. The Morgan fingerprint density at radius 1 is 1.47 bits per heavy atom. The first-order chi connectivity index (χ1) is 7.16. The fourth-order valence-electron chi connectivity index (χ4n) is 0.946. The Morgan fingerprint density at radius 2 is 2.27 bits per heavy atom. The molecule has 2 heterocycles. The van der Waals surface area contributed by atoms with E-state index in [2.05, 4.69) is 25.1 Å². The molecule has 0 saturated heterocycles. The largest absolute Gasteiger partial charge is 0.477 e. The van der Waals surface area contributed by atoms with E-state index in [4.69, 9.17) is 16.7 Å². The van der Waals surface area contributed by atoms with Crippen LogP contribution in [0.2, 0.25) is 5.15 Å². The summed E-state index contributed by atoms with van der Waals surface area (Å²) >= 11 is 5.63. The van der Waals surface area contributed by atoms with E-state index in [-0.39, 0.29) is 22.5 Å². The van der Waals surface area contributed by atoms with E-state index in [1.165, 1.54) is 6.33 Å². The molecule has 2 N–H and O–H groups in total. The quantitative estimate of drug-likeness (QED) is 0.726. The summed E-state index contributed by atoms with van der Waals surface area (Å²) in [6.07, 6.45) is 1.26. The third kappa shape index (κ3) is 1.91. The number of aromatic nitrogens is 5. The highest BCUT2D eigenvalue weighted by atomic mass is 35.5. The van der Waals surface area contributed by atoms with Gasteiger partial charge in [0.25, 0.3) is 0 Å². The van der Waals surface area contributed by atoms with Gasteiger partial charge in [-0.25, -0.2) is 19.7 Å². The molecule has 0 aliphatic heterocycles. The highest BCUT2D eigenvalue weighted by Gasteiger charge is 2.12. The Bertz CT molecular complexity index is 498. The van der Waals surface area contributed by atoms with E-state index < -0.39 is 5.97 Å². The standard InChI is InChI=1S/C7H4ClN5O2/c8-4-1-3(7(14)15)11-6(12-4)5-9-2-10-13-5/h1-2H,(H,14,15)(H,9,10,13). The molecule has 0 radical (unpaired) electrons. The van der Waals surface area contributed by atoms with E-state index in [1.54, 1.807) is 0 Å². The van der Waals surface area contributed by atoms with Gasteiger partial charge in [-0.1, -0.05) is 11.6 Å². The Kier molecular flexibility index (Phi) is 2.30. The summed E-state index contributed by atoms with van der Waals surface area (Å²) in [4.78, 5) is 22.0. The summed E-state index contributed by atoms with van der Waals surface area (Å²) in [6, 6.07) is 1.16. The van der Waals surface area contributed by atoms with Crippen LogP contribution in [0.3, 0.4) is 0 Å². The maximum Gasteiger partial charge on any atom is 0.354 e. The van der Waals surface area contributed by atoms with Gasteiger partial charge in [-0.3, -0.25) is 5.10 Å². The number of aromatic amines is 1. The lowest BCUT2D eigenvalue weighted by Gasteiger charge is -1.98. The molecule has 0 fully saturated rings.